The number of hydrogen-bond donors (Lipinski definition) is 1. The highest BCUT2D eigenvalue weighted by Crippen LogP contribution is 2.34. The van der Waals surface area contributed by atoms with Crippen molar-refractivity contribution < 1.29 is 4.79 Å². The predicted molar refractivity (Wildman–Crippen MR) is 122 cm³/mol. The van der Waals surface area contributed by atoms with Gasteiger partial charge in [-0.25, -0.2) is 9.97 Å². The summed E-state index contributed by atoms with van der Waals surface area (Å²) in [6.45, 7) is 5.44. The zero-order valence-electron chi connectivity index (χ0n) is 18.1. The van der Waals surface area contributed by atoms with Gasteiger partial charge in [0.2, 0.25) is 5.95 Å². The number of fused-ring (bicyclic) bond motifs is 1. The van der Waals surface area contributed by atoms with Crippen molar-refractivity contribution in [1.29, 1.82) is 0 Å². The van der Waals surface area contributed by atoms with Crippen molar-refractivity contribution in [3.63, 3.8) is 0 Å². The average molecular weight is 419 g/mol. The molecule has 1 amide bonds. The van der Waals surface area contributed by atoms with E-state index >= 15 is 0 Å². The van der Waals surface area contributed by atoms with Crippen molar-refractivity contribution in [2.45, 2.75) is 25.2 Å². The van der Waals surface area contributed by atoms with E-state index in [1.165, 1.54) is 48.4 Å². The monoisotopic (exact) mass is 418 g/mol. The highest BCUT2D eigenvalue weighted by molar-refractivity contribution is 5.92. The molecule has 0 aliphatic carbocycles. The van der Waals surface area contributed by atoms with Gasteiger partial charge in [-0.1, -0.05) is 18.2 Å². The molecule has 31 heavy (non-hydrogen) atoms. The lowest BCUT2D eigenvalue weighted by Gasteiger charge is -2.33. The molecule has 2 aromatic heterocycles. The summed E-state index contributed by atoms with van der Waals surface area (Å²) in [5.74, 6) is 1.55. The van der Waals surface area contributed by atoms with Gasteiger partial charge >= 0.3 is 0 Å². The van der Waals surface area contributed by atoms with Gasteiger partial charge in [-0.3, -0.25) is 4.79 Å². The topological polar surface area (TPSA) is 80.3 Å². The second kappa shape index (κ2) is 8.30. The van der Waals surface area contributed by atoms with E-state index < -0.39 is 5.91 Å². The molecule has 1 atom stereocenters. The lowest BCUT2D eigenvalue weighted by atomic mass is 9.96. The largest absolute Gasteiger partial charge is 0.366 e. The molecule has 0 radical (unpaired) electrons. The van der Waals surface area contributed by atoms with E-state index in [-0.39, 0.29) is 0 Å². The van der Waals surface area contributed by atoms with Gasteiger partial charge in [-0.2, -0.15) is 0 Å². The van der Waals surface area contributed by atoms with Crippen molar-refractivity contribution in [2.75, 3.05) is 37.6 Å². The van der Waals surface area contributed by atoms with Crippen molar-refractivity contribution in [3.8, 4) is 0 Å². The summed E-state index contributed by atoms with van der Waals surface area (Å²) in [6.07, 6.45) is 8.92. The standard InChI is InChI=1S/C24H30N6O/c1-28-16-21(20-4-2-3-5-22(20)28)18-8-9-29(15-18)14-17-6-10-30(11-7-17)24-26-12-19(13-27-24)23(25)31/h2-5,12-13,16-18H,6-11,14-15H2,1H3,(H2,25,31). The number of nitrogens with two attached hydrogens (primary N) is 1. The van der Waals surface area contributed by atoms with Crippen LogP contribution < -0.4 is 10.6 Å². The number of carbonyl (C=O) groups is 1. The first-order valence-electron chi connectivity index (χ1n) is 11.2. The number of anilines is 1. The summed E-state index contributed by atoms with van der Waals surface area (Å²) in [6, 6.07) is 8.75. The van der Waals surface area contributed by atoms with Gasteiger partial charge in [-0.15, -0.1) is 0 Å². The smallest absolute Gasteiger partial charge is 0.251 e. The summed E-state index contributed by atoms with van der Waals surface area (Å²) in [5.41, 5.74) is 8.46. The van der Waals surface area contributed by atoms with Crippen LogP contribution in [-0.2, 0) is 7.05 Å². The summed E-state index contributed by atoms with van der Waals surface area (Å²) in [5, 5.41) is 1.41. The lowest BCUT2D eigenvalue weighted by molar-refractivity contribution is 0.0999. The summed E-state index contributed by atoms with van der Waals surface area (Å²) < 4.78 is 2.26. The van der Waals surface area contributed by atoms with Crippen LogP contribution in [0.5, 0.6) is 0 Å². The van der Waals surface area contributed by atoms with Crippen LogP contribution in [0.4, 0.5) is 5.95 Å². The molecule has 4 heterocycles. The number of piperidine rings is 1. The van der Waals surface area contributed by atoms with Crippen LogP contribution in [0, 0.1) is 5.92 Å². The van der Waals surface area contributed by atoms with Crippen LogP contribution >= 0.6 is 0 Å². The first-order chi connectivity index (χ1) is 15.1. The Balaban J connectivity index is 1.16. The Morgan fingerprint density at radius 3 is 2.58 bits per heavy atom. The number of amides is 1. The first-order valence-corrected chi connectivity index (χ1v) is 11.2. The first kappa shape index (κ1) is 20.0. The van der Waals surface area contributed by atoms with E-state index in [0.29, 0.717) is 23.3 Å². The van der Waals surface area contributed by atoms with E-state index in [4.69, 9.17) is 5.73 Å². The fourth-order valence-electron chi connectivity index (χ4n) is 5.24. The number of aromatic nitrogens is 3. The minimum absolute atomic E-state index is 0.355. The van der Waals surface area contributed by atoms with E-state index in [9.17, 15) is 4.79 Å². The molecule has 2 saturated heterocycles. The molecule has 2 fully saturated rings. The van der Waals surface area contributed by atoms with Crippen molar-refractivity contribution >= 4 is 22.8 Å². The molecule has 5 rings (SSSR count). The molecule has 2 aliphatic heterocycles. The molecule has 0 spiro atoms. The highest BCUT2D eigenvalue weighted by atomic mass is 16.1. The van der Waals surface area contributed by atoms with E-state index in [1.54, 1.807) is 0 Å². The maximum Gasteiger partial charge on any atom is 0.251 e. The molecule has 0 bridgehead atoms. The van der Waals surface area contributed by atoms with Crippen molar-refractivity contribution in [2.24, 2.45) is 18.7 Å². The van der Waals surface area contributed by atoms with Gasteiger partial charge < -0.3 is 20.1 Å². The summed E-state index contributed by atoms with van der Waals surface area (Å²) in [7, 11) is 2.15. The number of primary amides is 1. The van der Waals surface area contributed by atoms with Crippen LogP contribution in [0.15, 0.2) is 42.9 Å². The maximum atomic E-state index is 11.2. The fraction of sp³-hybridized carbons (Fsp3) is 0.458. The zero-order valence-corrected chi connectivity index (χ0v) is 18.1. The maximum absolute atomic E-state index is 11.2. The number of benzene rings is 1. The Morgan fingerprint density at radius 2 is 1.84 bits per heavy atom. The number of rotatable bonds is 5. The number of likely N-dealkylation sites (tertiary alicyclic amines) is 1. The fourth-order valence-corrected chi connectivity index (χ4v) is 5.24. The van der Waals surface area contributed by atoms with Crippen molar-refractivity contribution in [3.05, 3.63) is 54.0 Å². The number of hydrogen-bond acceptors (Lipinski definition) is 5. The Morgan fingerprint density at radius 1 is 1.10 bits per heavy atom. The number of para-hydroxylation sites is 1. The lowest BCUT2D eigenvalue weighted by Crippen LogP contribution is -2.39. The minimum atomic E-state index is -0.488. The van der Waals surface area contributed by atoms with Gasteiger partial charge in [0.1, 0.15) is 0 Å². The van der Waals surface area contributed by atoms with Crippen LogP contribution in [0.3, 0.4) is 0 Å². The Bertz CT molecular complexity index is 1070. The Kier molecular flexibility index (Phi) is 5.36. The second-order valence-corrected chi connectivity index (χ2v) is 9.02. The van der Waals surface area contributed by atoms with Gasteiger partial charge in [-0.05, 0) is 49.3 Å². The molecular weight excluding hydrogens is 388 g/mol. The van der Waals surface area contributed by atoms with Crippen LogP contribution in [0.25, 0.3) is 10.9 Å². The minimum Gasteiger partial charge on any atom is -0.366 e. The molecule has 1 aromatic carbocycles. The SMILES string of the molecule is Cn1cc(C2CCN(CC3CCN(c4ncc(C(N)=O)cn4)CC3)C2)c2ccccc21. The Hall–Kier alpha value is -2.93. The molecule has 2 aliphatic rings. The van der Waals surface area contributed by atoms with Gasteiger partial charge in [0.05, 0.1) is 5.56 Å². The van der Waals surface area contributed by atoms with Gasteiger partial charge in [0.15, 0.2) is 0 Å². The summed E-state index contributed by atoms with van der Waals surface area (Å²) >= 11 is 0. The van der Waals surface area contributed by atoms with Gasteiger partial charge in [0, 0.05) is 62.7 Å². The van der Waals surface area contributed by atoms with E-state index in [1.807, 2.05) is 0 Å². The van der Waals surface area contributed by atoms with E-state index in [0.717, 1.165) is 32.5 Å². The van der Waals surface area contributed by atoms with Crippen molar-refractivity contribution in [1.82, 2.24) is 19.4 Å². The predicted octanol–water partition coefficient (Wildman–Crippen LogP) is 2.77. The molecular formula is C24H30N6O. The summed E-state index contributed by atoms with van der Waals surface area (Å²) in [4.78, 5) is 24.7. The Labute approximate surface area is 182 Å². The number of nitrogens with zero attached hydrogens (tertiary/aromatic N) is 5. The normalized spacial score (nSPS) is 20.5. The quantitative estimate of drug-likeness (QED) is 0.689. The van der Waals surface area contributed by atoms with Crippen LogP contribution in [0.1, 0.15) is 41.1 Å². The van der Waals surface area contributed by atoms with Crippen LogP contribution in [-0.4, -0.2) is 58.1 Å². The molecule has 1 unspecified atom stereocenters. The average Bonchev–Trinajstić information content (AvgIpc) is 3.39. The second-order valence-electron chi connectivity index (χ2n) is 9.02. The molecule has 3 aromatic rings. The molecule has 2 N–H and O–H groups in total. The molecule has 162 valence electrons. The van der Waals surface area contributed by atoms with E-state index in [2.05, 4.69) is 61.8 Å². The third kappa shape index (κ3) is 4.02. The number of carbonyl (C=O) groups excluding carboxylic acids is 1. The third-order valence-electron chi connectivity index (χ3n) is 6.98. The van der Waals surface area contributed by atoms with Gasteiger partial charge in [0.25, 0.3) is 5.91 Å². The zero-order chi connectivity index (χ0) is 21.4. The third-order valence-corrected chi connectivity index (χ3v) is 6.98. The molecule has 7 nitrogen and oxygen atoms in total. The number of aryl methyl sites for hydroxylation is 1. The van der Waals surface area contributed by atoms with Crippen LogP contribution in [0.2, 0.25) is 0 Å². The highest BCUT2D eigenvalue weighted by Gasteiger charge is 2.29. The molecule has 7 heteroatoms. The molecule has 0 saturated carbocycles.